The lowest BCUT2D eigenvalue weighted by Crippen LogP contribution is -2.45. The van der Waals surface area contributed by atoms with Gasteiger partial charge in [-0.3, -0.25) is 24.4 Å². The lowest BCUT2D eigenvalue weighted by atomic mass is 10.2. The van der Waals surface area contributed by atoms with Gasteiger partial charge >= 0.3 is 0 Å². The molecule has 1 aliphatic rings. The first kappa shape index (κ1) is 25.8. The van der Waals surface area contributed by atoms with Crippen LogP contribution in [0.4, 0.5) is 5.95 Å². The third kappa shape index (κ3) is 6.36. The maximum absolute atomic E-state index is 13.3. The molecule has 0 unspecified atom stereocenters. The van der Waals surface area contributed by atoms with Crippen LogP contribution in [0.3, 0.4) is 0 Å². The molecule has 5 rings (SSSR count). The summed E-state index contributed by atoms with van der Waals surface area (Å²) in [5, 5.41) is 4.84. The van der Waals surface area contributed by atoms with Gasteiger partial charge in [0.15, 0.2) is 0 Å². The van der Waals surface area contributed by atoms with Gasteiger partial charge in [-0.1, -0.05) is 54.1 Å². The van der Waals surface area contributed by atoms with Crippen LogP contribution in [0.2, 0.25) is 0 Å². The summed E-state index contributed by atoms with van der Waals surface area (Å²) in [6.07, 6.45) is 1.92. The summed E-state index contributed by atoms with van der Waals surface area (Å²) in [4.78, 5) is 35.9. The maximum atomic E-state index is 13.3. The van der Waals surface area contributed by atoms with Crippen molar-refractivity contribution in [1.29, 1.82) is 0 Å². The van der Waals surface area contributed by atoms with Crippen molar-refractivity contribution in [2.45, 2.75) is 6.92 Å². The van der Waals surface area contributed by atoms with Crippen LogP contribution in [0.25, 0.3) is 16.9 Å². The molecule has 2 aromatic carbocycles. The zero-order valence-corrected chi connectivity index (χ0v) is 22.2. The van der Waals surface area contributed by atoms with E-state index in [2.05, 4.69) is 10.2 Å². The van der Waals surface area contributed by atoms with Crippen LogP contribution >= 0.6 is 11.3 Å². The highest BCUT2D eigenvalue weighted by Gasteiger charge is 2.23. The largest absolute Gasteiger partial charge is 0.379 e. The van der Waals surface area contributed by atoms with Crippen molar-refractivity contribution in [2.24, 2.45) is 0 Å². The van der Waals surface area contributed by atoms with Crippen molar-refractivity contribution < 1.29 is 14.3 Å². The van der Waals surface area contributed by atoms with Crippen LogP contribution in [0.1, 0.15) is 15.2 Å². The van der Waals surface area contributed by atoms with Gasteiger partial charge in [0, 0.05) is 43.6 Å². The van der Waals surface area contributed by atoms with E-state index in [4.69, 9.17) is 9.72 Å². The highest BCUT2D eigenvalue weighted by atomic mass is 32.1. The number of aryl methyl sites for hydroxylation is 1. The molecule has 1 saturated heterocycles. The fourth-order valence-corrected chi connectivity index (χ4v) is 5.04. The lowest BCUT2D eigenvalue weighted by Gasteiger charge is -2.29. The fraction of sp³-hybridized carbons (Fsp3) is 0.276. The minimum atomic E-state index is -0.296. The SMILES string of the molecule is Cc1ccc(-n2cc(-c3ccccc3)nc2NC(=O)CN(CCN2CCOCC2)C(=O)c2cccs2)cc1. The zero-order valence-electron chi connectivity index (χ0n) is 21.4. The average molecular weight is 530 g/mol. The van der Waals surface area contributed by atoms with E-state index < -0.39 is 0 Å². The summed E-state index contributed by atoms with van der Waals surface area (Å²) >= 11 is 1.38. The first-order valence-electron chi connectivity index (χ1n) is 12.7. The Bertz CT molecular complexity index is 1350. The van der Waals surface area contributed by atoms with Crippen molar-refractivity contribution in [3.8, 4) is 16.9 Å². The summed E-state index contributed by atoms with van der Waals surface area (Å²) in [6, 6.07) is 21.5. The minimum absolute atomic E-state index is 0.0670. The summed E-state index contributed by atoms with van der Waals surface area (Å²) < 4.78 is 7.31. The van der Waals surface area contributed by atoms with E-state index in [-0.39, 0.29) is 18.4 Å². The van der Waals surface area contributed by atoms with Gasteiger partial charge in [0.1, 0.15) is 6.54 Å². The Labute approximate surface area is 226 Å². The Kier molecular flexibility index (Phi) is 8.28. The van der Waals surface area contributed by atoms with Crippen molar-refractivity contribution in [1.82, 2.24) is 19.4 Å². The normalized spacial score (nSPS) is 13.8. The Morgan fingerprint density at radius 1 is 1.03 bits per heavy atom. The van der Waals surface area contributed by atoms with E-state index in [0.717, 1.165) is 35.6 Å². The van der Waals surface area contributed by atoms with Gasteiger partial charge in [0.2, 0.25) is 11.9 Å². The van der Waals surface area contributed by atoms with Crippen LogP contribution in [0, 0.1) is 6.92 Å². The van der Waals surface area contributed by atoms with Crippen LogP contribution < -0.4 is 5.32 Å². The van der Waals surface area contributed by atoms with Gasteiger partial charge in [-0.2, -0.15) is 0 Å². The van der Waals surface area contributed by atoms with E-state index in [1.165, 1.54) is 11.3 Å². The number of hydrogen-bond donors (Lipinski definition) is 1. The molecule has 2 amide bonds. The van der Waals surface area contributed by atoms with Gasteiger partial charge in [-0.25, -0.2) is 4.98 Å². The number of thiophene rings is 1. The molecule has 196 valence electrons. The molecule has 0 spiro atoms. The van der Waals surface area contributed by atoms with Crippen molar-refractivity contribution in [2.75, 3.05) is 51.3 Å². The topological polar surface area (TPSA) is 79.7 Å². The zero-order chi connectivity index (χ0) is 26.3. The van der Waals surface area contributed by atoms with Gasteiger partial charge in [-0.05, 0) is 30.5 Å². The summed E-state index contributed by atoms with van der Waals surface area (Å²) in [5.74, 6) is -0.0277. The molecule has 0 saturated carbocycles. The Hall–Kier alpha value is -3.79. The Morgan fingerprint density at radius 2 is 1.79 bits per heavy atom. The third-order valence-corrected chi connectivity index (χ3v) is 7.34. The molecule has 8 nitrogen and oxygen atoms in total. The number of carbonyl (C=O) groups is 2. The number of carbonyl (C=O) groups excluding carboxylic acids is 2. The van der Waals surface area contributed by atoms with Gasteiger partial charge in [-0.15, -0.1) is 11.3 Å². The second-order valence-electron chi connectivity index (χ2n) is 9.23. The number of amides is 2. The molecule has 0 atom stereocenters. The highest BCUT2D eigenvalue weighted by molar-refractivity contribution is 7.12. The van der Waals surface area contributed by atoms with Crippen molar-refractivity contribution >= 4 is 29.1 Å². The minimum Gasteiger partial charge on any atom is -0.379 e. The standard InChI is InChI=1S/C29H31N5O3S/c1-22-9-11-24(12-10-22)34-20-25(23-6-3-2-4-7-23)30-29(34)31-27(35)21-33(28(36)26-8-5-19-38-26)14-13-32-15-17-37-18-16-32/h2-12,19-20H,13-18,21H2,1H3,(H,30,31,35). The van der Waals surface area contributed by atoms with Gasteiger partial charge in [0.05, 0.1) is 23.8 Å². The molecule has 1 fully saturated rings. The van der Waals surface area contributed by atoms with E-state index in [1.54, 1.807) is 11.0 Å². The van der Waals surface area contributed by atoms with Crippen molar-refractivity contribution in [3.63, 3.8) is 0 Å². The molecule has 38 heavy (non-hydrogen) atoms. The molecule has 2 aromatic heterocycles. The molecular formula is C29H31N5O3S. The smallest absolute Gasteiger partial charge is 0.264 e. The first-order valence-corrected chi connectivity index (χ1v) is 13.6. The number of aromatic nitrogens is 2. The number of morpholine rings is 1. The van der Waals surface area contributed by atoms with Gasteiger partial charge < -0.3 is 9.64 Å². The highest BCUT2D eigenvalue weighted by Crippen LogP contribution is 2.24. The van der Waals surface area contributed by atoms with Crippen LogP contribution in [0.15, 0.2) is 78.3 Å². The summed E-state index contributed by atoms with van der Waals surface area (Å²) in [7, 11) is 0. The van der Waals surface area contributed by atoms with E-state index in [9.17, 15) is 9.59 Å². The lowest BCUT2D eigenvalue weighted by molar-refractivity contribution is -0.117. The third-order valence-electron chi connectivity index (χ3n) is 6.48. The second kappa shape index (κ2) is 12.2. The molecular weight excluding hydrogens is 498 g/mol. The van der Waals surface area contributed by atoms with Crippen LogP contribution in [-0.4, -0.2) is 77.1 Å². The number of nitrogens with zero attached hydrogens (tertiary/aromatic N) is 4. The summed E-state index contributed by atoms with van der Waals surface area (Å²) in [6.45, 7) is 6.12. The quantitative estimate of drug-likeness (QED) is 0.349. The molecule has 9 heteroatoms. The summed E-state index contributed by atoms with van der Waals surface area (Å²) in [5.41, 5.74) is 3.74. The number of rotatable bonds is 9. The Balaban J connectivity index is 1.36. The van der Waals surface area contributed by atoms with Gasteiger partial charge in [0.25, 0.3) is 5.91 Å². The molecule has 3 heterocycles. The molecule has 1 aliphatic heterocycles. The fourth-order valence-electron chi connectivity index (χ4n) is 4.35. The number of nitrogens with one attached hydrogen (secondary N) is 1. The predicted molar refractivity (Wildman–Crippen MR) is 150 cm³/mol. The molecule has 0 radical (unpaired) electrons. The number of benzene rings is 2. The second-order valence-corrected chi connectivity index (χ2v) is 10.2. The van der Waals surface area contributed by atoms with Crippen LogP contribution in [0.5, 0.6) is 0 Å². The number of ether oxygens (including phenoxy) is 1. The monoisotopic (exact) mass is 529 g/mol. The van der Waals surface area contributed by atoms with Crippen LogP contribution in [-0.2, 0) is 9.53 Å². The molecule has 0 bridgehead atoms. The molecule has 0 aliphatic carbocycles. The average Bonchev–Trinajstić information content (AvgIpc) is 3.63. The Morgan fingerprint density at radius 3 is 2.50 bits per heavy atom. The predicted octanol–water partition coefficient (Wildman–Crippen LogP) is 4.32. The molecule has 1 N–H and O–H groups in total. The van der Waals surface area contributed by atoms with Crippen molar-refractivity contribution in [3.05, 3.63) is 88.7 Å². The van der Waals surface area contributed by atoms with E-state index >= 15 is 0 Å². The molecule has 4 aromatic rings. The number of hydrogen-bond acceptors (Lipinski definition) is 6. The maximum Gasteiger partial charge on any atom is 0.264 e. The number of anilines is 1. The van der Waals surface area contributed by atoms with E-state index in [0.29, 0.717) is 37.1 Å². The van der Waals surface area contributed by atoms with E-state index in [1.807, 2.05) is 83.7 Å². The first-order chi connectivity index (χ1) is 18.6. The number of imidazole rings is 1.